The van der Waals surface area contributed by atoms with Gasteiger partial charge in [0.2, 0.25) is 5.91 Å². The number of carbonyl (C=O) groups is 1. The van der Waals surface area contributed by atoms with Gasteiger partial charge in [-0.2, -0.15) is 0 Å². The number of hydrogen-bond donors (Lipinski definition) is 2. The minimum absolute atomic E-state index is 0.0182. The topological polar surface area (TPSA) is 68.0 Å². The van der Waals surface area contributed by atoms with Crippen LogP contribution in [0.15, 0.2) is 48.7 Å². The minimum atomic E-state index is -0.306. The fourth-order valence-corrected chi connectivity index (χ4v) is 3.27. The third-order valence-electron chi connectivity index (χ3n) is 4.30. The molecule has 0 radical (unpaired) electrons. The van der Waals surface area contributed by atoms with Crippen molar-refractivity contribution in [1.82, 2.24) is 10.3 Å². The fourth-order valence-electron chi connectivity index (χ4n) is 3.08. The quantitative estimate of drug-likeness (QED) is 0.905. The van der Waals surface area contributed by atoms with Gasteiger partial charge < -0.3 is 11.1 Å². The Morgan fingerprint density at radius 2 is 2.13 bits per heavy atom. The summed E-state index contributed by atoms with van der Waals surface area (Å²) in [7, 11) is 0. The Balaban J connectivity index is 1.85. The van der Waals surface area contributed by atoms with Crippen LogP contribution < -0.4 is 11.1 Å². The second-order valence-corrected chi connectivity index (χ2v) is 6.46. The summed E-state index contributed by atoms with van der Waals surface area (Å²) >= 11 is 6.11. The van der Waals surface area contributed by atoms with Crippen molar-refractivity contribution in [1.29, 1.82) is 0 Å². The van der Waals surface area contributed by atoms with E-state index in [1.807, 2.05) is 42.5 Å². The van der Waals surface area contributed by atoms with E-state index < -0.39 is 0 Å². The molecule has 1 aliphatic carbocycles. The standard InChI is InChI=1S/C18H20ClN3O/c19-14-5-3-4-12(10-14)17(16-6-1-2-9-21-16)22-18(23)13-7-8-15(20)11-13/h1-6,9-10,13,15,17H,7-8,11,20H2,(H,22,23). The average Bonchev–Trinajstić information content (AvgIpc) is 3.00. The molecule has 2 aromatic rings. The maximum atomic E-state index is 12.6. The summed E-state index contributed by atoms with van der Waals surface area (Å²) in [4.78, 5) is 17.0. The Bertz CT molecular complexity index is 677. The molecule has 5 heteroatoms. The summed E-state index contributed by atoms with van der Waals surface area (Å²) in [5.41, 5.74) is 7.65. The lowest BCUT2D eigenvalue weighted by Crippen LogP contribution is -2.34. The van der Waals surface area contributed by atoms with Crippen molar-refractivity contribution in [2.45, 2.75) is 31.3 Å². The molecular weight excluding hydrogens is 310 g/mol. The Morgan fingerprint density at radius 1 is 1.26 bits per heavy atom. The zero-order valence-corrected chi connectivity index (χ0v) is 13.5. The van der Waals surface area contributed by atoms with E-state index in [0.717, 1.165) is 30.5 Å². The smallest absolute Gasteiger partial charge is 0.223 e. The Labute approximate surface area is 141 Å². The molecule has 3 N–H and O–H groups in total. The SMILES string of the molecule is NC1CCC(C(=O)NC(c2cccc(Cl)c2)c2ccccn2)C1. The Kier molecular flexibility index (Phi) is 4.94. The molecule has 0 aliphatic heterocycles. The van der Waals surface area contributed by atoms with Crippen LogP contribution in [0.1, 0.15) is 36.6 Å². The van der Waals surface area contributed by atoms with Crippen molar-refractivity contribution in [2.75, 3.05) is 0 Å². The molecule has 4 nitrogen and oxygen atoms in total. The van der Waals surface area contributed by atoms with Crippen molar-refractivity contribution in [3.05, 3.63) is 64.9 Å². The third-order valence-corrected chi connectivity index (χ3v) is 4.53. The first-order valence-corrected chi connectivity index (χ1v) is 8.23. The van der Waals surface area contributed by atoms with Gasteiger partial charge in [-0.05, 0) is 49.1 Å². The third kappa shape index (κ3) is 3.89. The normalized spacial score (nSPS) is 21.8. The number of halogens is 1. The van der Waals surface area contributed by atoms with Crippen molar-refractivity contribution in [3.8, 4) is 0 Å². The molecule has 120 valence electrons. The fraction of sp³-hybridized carbons (Fsp3) is 0.333. The van der Waals surface area contributed by atoms with E-state index in [4.69, 9.17) is 17.3 Å². The summed E-state index contributed by atoms with van der Waals surface area (Å²) in [5, 5.41) is 3.76. The largest absolute Gasteiger partial charge is 0.343 e. The van der Waals surface area contributed by atoms with Gasteiger partial charge in [-0.1, -0.05) is 29.8 Å². The number of benzene rings is 1. The molecule has 0 spiro atoms. The van der Waals surface area contributed by atoms with Gasteiger partial charge in [0.05, 0.1) is 11.7 Å². The maximum Gasteiger partial charge on any atom is 0.223 e. The van der Waals surface area contributed by atoms with Crippen LogP contribution in [0.25, 0.3) is 0 Å². The number of nitrogens with two attached hydrogens (primary N) is 1. The molecule has 23 heavy (non-hydrogen) atoms. The van der Waals surface area contributed by atoms with Crippen LogP contribution in [-0.2, 0) is 4.79 Å². The van der Waals surface area contributed by atoms with Gasteiger partial charge in [0.15, 0.2) is 0 Å². The molecule has 1 aromatic carbocycles. The molecule has 1 fully saturated rings. The number of nitrogens with one attached hydrogen (secondary N) is 1. The molecule has 3 atom stereocenters. The van der Waals surface area contributed by atoms with Gasteiger partial charge in [0, 0.05) is 23.2 Å². The van der Waals surface area contributed by atoms with E-state index in [0.29, 0.717) is 5.02 Å². The van der Waals surface area contributed by atoms with Gasteiger partial charge in [-0.25, -0.2) is 0 Å². The zero-order chi connectivity index (χ0) is 16.2. The van der Waals surface area contributed by atoms with Crippen LogP contribution in [0, 0.1) is 5.92 Å². The highest BCUT2D eigenvalue weighted by atomic mass is 35.5. The Morgan fingerprint density at radius 3 is 2.78 bits per heavy atom. The average molecular weight is 330 g/mol. The van der Waals surface area contributed by atoms with Crippen LogP contribution in [0.3, 0.4) is 0 Å². The highest BCUT2D eigenvalue weighted by Gasteiger charge is 2.30. The maximum absolute atomic E-state index is 12.6. The molecule has 1 aromatic heterocycles. The van der Waals surface area contributed by atoms with Crippen LogP contribution >= 0.6 is 11.6 Å². The predicted molar refractivity (Wildman–Crippen MR) is 91.0 cm³/mol. The highest BCUT2D eigenvalue weighted by molar-refractivity contribution is 6.30. The number of amides is 1. The molecule has 0 saturated heterocycles. The molecule has 1 aliphatic rings. The number of carbonyl (C=O) groups excluding carboxylic acids is 1. The molecule has 1 saturated carbocycles. The predicted octanol–water partition coefficient (Wildman–Crippen LogP) is 3.07. The van der Waals surface area contributed by atoms with E-state index in [1.165, 1.54) is 0 Å². The summed E-state index contributed by atoms with van der Waals surface area (Å²) in [6.45, 7) is 0. The molecule has 3 unspecified atom stereocenters. The molecular formula is C18H20ClN3O. The number of hydrogen-bond acceptors (Lipinski definition) is 3. The molecule has 3 rings (SSSR count). The van der Waals surface area contributed by atoms with Crippen LogP contribution in [0.4, 0.5) is 0 Å². The lowest BCUT2D eigenvalue weighted by Gasteiger charge is -2.21. The summed E-state index contributed by atoms with van der Waals surface area (Å²) in [6.07, 6.45) is 4.22. The van der Waals surface area contributed by atoms with Crippen LogP contribution in [0.2, 0.25) is 5.02 Å². The van der Waals surface area contributed by atoms with Gasteiger partial charge in [-0.3, -0.25) is 9.78 Å². The van der Waals surface area contributed by atoms with E-state index in [2.05, 4.69) is 10.3 Å². The van der Waals surface area contributed by atoms with Crippen molar-refractivity contribution >= 4 is 17.5 Å². The number of pyridine rings is 1. The zero-order valence-electron chi connectivity index (χ0n) is 12.8. The number of nitrogens with zero attached hydrogens (tertiary/aromatic N) is 1. The summed E-state index contributed by atoms with van der Waals surface area (Å²) in [6, 6.07) is 13.0. The number of aromatic nitrogens is 1. The van der Waals surface area contributed by atoms with Crippen LogP contribution in [-0.4, -0.2) is 16.9 Å². The van der Waals surface area contributed by atoms with Crippen molar-refractivity contribution < 1.29 is 4.79 Å². The second-order valence-electron chi connectivity index (χ2n) is 6.02. The van der Waals surface area contributed by atoms with Crippen molar-refractivity contribution in [3.63, 3.8) is 0 Å². The number of rotatable bonds is 4. The van der Waals surface area contributed by atoms with Gasteiger partial charge >= 0.3 is 0 Å². The lowest BCUT2D eigenvalue weighted by atomic mass is 10.0. The first-order valence-electron chi connectivity index (χ1n) is 7.86. The van der Waals surface area contributed by atoms with E-state index in [1.54, 1.807) is 6.20 Å². The summed E-state index contributed by atoms with van der Waals surface area (Å²) in [5.74, 6) is 0.0176. The van der Waals surface area contributed by atoms with Gasteiger partial charge in [0.25, 0.3) is 0 Å². The lowest BCUT2D eigenvalue weighted by molar-refractivity contribution is -0.125. The minimum Gasteiger partial charge on any atom is -0.343 e. The van der Waals surface area contributed by atoms with Gasteiger partial charge in [0.1, 0.15) is 0 Å². The molecule has 0 bridgehead atoms. The van der Waals surface area contributed by atoms with E-state index in [9.17, 15) is 4.79 Å². The monoisotopic (exact) mass is 329 g/mol. The van der Waals surface area contributed by atoms with E-state index >= 15 is 0 Å². The molecule has 1 amide bonds. The highest BCUT2D eigenvalue weighted by Crippen LogP contribution is 2.27. The first-order chi connectivity index (χ1) is 11.1. The van der Waals surface area contributed by atoms with Crippen LogP contribution in [0.5, 0.6) is 0 Å². The van der Waals surface area contributed by atoms with E-state index in [-0.39, 0.29) is 23.9 Å². The Hall–Kier alpha value is -1.91. The van der Waals surface area contributed by atoms with Crippen molar-refractivity contribution in [2.24, 2.45) is 11.7 Å². The first kappa shape index (κ1) is 16.0. The summed E-state index contributed by atoms with van der Waals surface area (Å²) < 4.78 is 0. The second kappa shape index (κ2) is 7.11. The van der Waals surface area contributed by atoms with Gasteiger partial charge in [-0.15, -0.1) is 0 Å². The molecule has 1 heterocycles.